The molecule has 0 aliphatic rings. The molecule has 21 heavy (non-hydrogen) atoms. The van der Waals surface area contributed by atoms with Gasteiger partial charge < -0.3 is 9.84 Å². The molecule has 0 saturated carbocycles. The monoisotopic (exact) mass is 285 g/mol. The standard InChI is InChI=1S/C17H19NO3/c1-11-9-10-12(16(19)20)15(18-11)21-14-8-6-5-7-13(14)17(2,3)4/h5-10H,1-4H3,(H,19,20). The first-order valence-corrected chi connectivity index (χ1v) is 6.77. The third kappa shape index (κ3) is 3.40. The predicted molar refractivity (Wildman–Crippen MR) is 81.1 cm³/mol. The van der Waals surface area contributed by atoms with Crippen molar-refractivity contribution in [2.45, 2.75) is 33.1 Å². The highest BCUT2D eigenvalue weighted by Gasteiger charge is 2.21. The normalized spacial score (nSPS) is 11.2. The lowest BCUT2D eigenvalue weighted by molar-refractivity contribution is 0.0693. The van der Waals surface area contributed by atoms with Crippen LogP contribution in [0, 0.1) is 6.92 Å². The molecule has 0 atom stereocenters. The topological polar surface area (TPSA) is 59.4 Å². The molecule has 0 aliphatic heterocycles. The van der Waals surface area contributed by atoms with Crippen LogP contribution < -0.4 is 4.74 Å². The molecule has 0 unspecified atom stereocenters. The van der Waals surface area contributed by atoms with Crippen LogP contribution in [0.2, 0.25) is 0 Å². The lowest BCUT2D eigenvalue weighted by atomic mass is 9.86. The molecule has 4 nitrogen and oxygen atoms in total. The van der Waals surface area contributed by atoms with E-state index in [1.807, 2.05) is 24.3 Å². The average Bonchev–Trinajstić information content (AvgIpc) is 2.37. The van der Waals surface area contributed by atoms with E-state index in [2.05, 4.69) is 25.8 Å². The smallest absolute Gasteiger partial charge is 0.341 e. The minimum Gasteiger partial charge on any atom is -0.477 e. The Morgan fingerprint density at radius 2 is 1.81 bits per heavy atom. The molecule has 0 spiro atoms. The van der Waals surface area contributed by atoms with Crippen molar-refractivity contribution in [3.8, 4) is 11.6 Å². The molecule has 0 bridgehead atoms. The van der Waals surface area contributed by atoms with Crippen molar-refractivity contribution in [1.82, 2.24) is 4.98 Å². The van der Waals surface area contributed by atoms with Crippen LogP contribution in [0.1, 0.15) is 42.4 Å². The number of aromatic nitrogens is 1. The van der Waals surface area contributed by atoms with E-state index >= 15 is 0 Å². The first kappa shape index (κ1) is 15.0. The van der Waals surface area contributed by atoms with Gasteiger partial charge in [0.15, 0.2) is 0 Å². The maximum Gasteiger partial charge on any atom is 0.341 e. The van der Waals surface area contributed by atoms with Gasteiger partial charge in [-0.1, -0.05) is 39.0 Å². The zero-order chi connectivity index (χ0) is 15.6. The number of carbonyl (C=O) groups is 1. The number of ether oxygens (including phenoxy) is 1. The molecule has 0 aliphatic carbocycles. The van der Waals surface area contributed by atoms with Gasteiger partial charge in [-0.15, -0.1) is 0 Å². The second-order valence-electron chi connectivity index (χ2n) is 5.96. The molecule has 0 fully saturated rings. The van der Waals surface area contributed by atoms with Gasteiger partial charge in [0, 0.05) is 11.3 Å². The number of carboxylic acids is 1. The number of carboxylic acid groups (broad SMARTS) is 1. The van der Waals surface area contributed by atoms with Gasteiger partial charge >= 0.3 is 5.97 Å². The van der Waals surface area contributed by atoms with E-state index in [9.17, 15) is 9.90 Å². The van der Waals surface area contributed by atoms with Gasteiger partial charge in [0.2, 0.25) is 5.88 Å². The van der Waals surface area contributed by atoms with Crippen LogP contribution >= 0.6 is 0 Å². The van der Waals surface area contributed by atoms with E-state index in [0.29, 0.717) is 11.4 Å². The zero-order valence-corrected chi connectivity index (χ0v) is 12.7. The molecule has 2 aromatic rings. The molecular formula is C17H19NO3. The second-order valence-corrected chi connectivity index (χ2v) is 5.96. The molecule has 1 heterocycles. The van der Waals surface area contributed by atoms with Crippen molar-refractivity contribution in [1.29, 1.82) is 0 Å². The zero-order valence-electron chi connectivity index (χ0n) is 12.7. The number of rotatable bonds is 3. The van der Waals surface area contributed by atoms with Crippen molar-refractivity contribution in [3.63, 3.8) is 0 Å². The first-order valence-electron chi connectivity index (χ1n) is 6.77. The molecule has 0 amide bonds. The quantitative estimate of drug-likeness (QED) is 0.919. The van der Waals surface area contributed by atoms with Crippen LogP contribution in [0.5, 0.6) is 11.6 Å². The first-order chi connectivity index (χ1) is 9.79. The number of para-hydroxylation sites is 1. The van der Waals surface area contributed by atoms with Gasteiger partial charge in [-0.25, -0.2) is 9.78 Å². The fourth-order valence-corrected chi connectivity index (χ4v) is 2.05. The van der Waals surface area contributed by atoms with E-state index in [1.54, 1.807) is 13.0 Å². The average molecular weight is 285 g/mol. The van der Waals surface area contributed by atoms with E-state index < -0.39 is 5.97 Å². The molecule has 1 aromatic carbocycles. The van der Waals surface area contributed by atoms with Gasteiger partial charge in [-0.05, 0) is 30.5 Å². The highest BCUT2D eigenvalue weighted by atomic mass is 16.5. The minimum atomic E-state index is -1.05. The molecule has 1 N–H and O–H groups in total. The maximum absolute atomic E-state index is 11.3. The van der Waals surface area contributed by atoms with E-state index in [4.69, 9.17) is 4.74 Å². The van der Waals surface area contributed by atoms with Crippen molar-refractivity contribution in [3.05, 3.63) is 53.2 Å². The van der Waals surface area contributed by atoms with Crippen LogP contribution in [0.15, 0.2) is 36.4 Å². The number of pyridine rings is 1. The third-order valence-corrected chi connectivity index (χ3v) is 3.13. The molecular weight excluding hydrogens is 266 g/mol. The fraction of sp³-hybridized carbons (Fsp3) is 0.294. The van der Waals surface area contributed by atoms with Crippen LogP contribution in [0.25, 0.3) is 0 Å². The largest absolute Gasteiger partial charge is 0.477 e. The Labute approximate surface area is 124 Å². The number of benzene rings is 1. The summed E-state index contributed by atoms with van der Waals surface area (Å²) in [7, 11) is 0. The van der Waals surface area contributed by atoms with Crippen LogP contribution in [0.4, 0.5) is 0 Å². The van der Waals surface area contributed by atoms with Crippen LogP contribution in [0.3, 0.4) is 0 Å². The predicted octanol–water partition coefficient (Wildman–Crippen LogP) is 4.18. The van der Waals surface area contributed by atoms with Gasteiger partial charge in [-0.3, -0.25) is 0 Å². The molecule has 2 rings (SSSR count). The van der Waals surface area contributed by atoms with E-state index in [-0.39, 0.29) is 16.9 Å². The molecule has 0 saturated heterocycles. The summed E-state index contributed by atoms with van der Waals surface area (Å²) in [6, 6.07) is 10.8. The highest BCUT2D eigenvalue weighted by molar-refractivity contribution is 5.90. The summed E-state index contributed by atoms with van der Waals surface area (Å²) >= 11 is 0. The van der Waals surface area contributed by atoms with Gasteiger partial charge in [0.1, 0.15) is 11.3 Å². The van der Waals surface area contributed by atoms with Crippen LogP contribution in [-0.2, 0) is 5.41 Å². The van der Waals surface area contributed by atoms with Crippen molar-refractivity contribution >= 4 is 5.97 Å². The maximum atomic E-state index is 11.3. The fourth-order valence-electron chi connectivity index (χ4n) is 2.05. The lowest BCUT2D eigenvalue weighted by Crippen LogP contribution is -2.13. The Morgan fingerprint density at radius 3 is 2.43 bits per heavy atom. The number of nitrogens with zero attached hydrogens (tertiary/aromatic N) is 1. The summed E-state index contributed by atoms with van der Waals surface area (Å²) in [6.07, 6.45) is 0. The highest BCUT2D eigenvalue weighted by Crippen LogP contribution is 2.34. The van der Waals surface area contributed by atoms with Gasteiger partial charge in [0.05, 0.1) is 0 Å². The number of aromatic carboxylic acids is 1. The third-order valence-electron chi connectivity index (χ3n) is 3.13. The Kier molecular flexibility index (Phi) is 3.98. The molecule has 1 aromatic heterocycles. The van der Waals surface area contributed by atoms with Crippen LogP contribution in [-0.4, -0.2) is 16.1 Å². The summed E-state index contributed by atoms with van der Waals surface area (Å²) in [4.78, 5) is 15.5. The lowest BCUT2D eigenvalue weighted by Gasteiger charge is -2.22. The summed E-state index contributed by atoms with van der Waals surface area (Å²) in [6.45, 7) is 8.04. The number of hydrogen-bond acceptors (Lipinski definition) is 3. The number of hydrogen-bond donors (Lipinski definition) is 1. The Morgan fingerprint density at radius 1 is 1.14 bits per heavy atom. The Balaban J connectivity index is 2.49. The summed E-state index contributed by atoms with van der Waals surface area (Å²) in [5.74, 6) is -0.296. The SMILES string of the molecule is Cc1ccc(C(=O)O)c(Oc2ccccc2C(C)(C)C)n1. The van der Waals surface area contributed by atoms with Crippen molar-refractivity contribution in [2.75, 3.05) is 0 Å². The molecule has 0 radical (unpaired) electrons. The van der Waals surface area contributed by atoms with Crippen molar-refractivity contribution < 1.29 is 14.6 Å². The summed E-state index contributed by atoms with van der Waals surface area (Å²) in [5, 5.41) is 9.24. The van der Waals surface area contributed by atoms with E-state index in [0.717, 1.165) is 5.56 Å². The van der Waals surface area contributed by atoms with E-state index in [1.165, 1.54) is 6.07 Å². The summed E-state index contributed by atoms with van der Waals surface area (Å²) < 4.78 is 5.82. The molecule has 4 heteroatoms. The van der Waals surface area contributed by atoms with Crippen molar-refractivity contribution in [2.24, 2.45) is 0 Å². The molecule has 110 valence electrons. The Hall–Kier alpha value is -2.36. The number of aryl methyl sites for hydroxylation is 1. The Bertz CT molecular complexity index is 672. The van der Waals surface area contributed by atoms with Gasteiger partial charge in [0.25, 0.3) is 0 Å². The summed E-state index contributed by atoms with van der Waals surface area (Å²) in [5.41, 5.74) is 1.67. The van der Waals surface area contributed by atoms with Gasteiger partial charge in [-0.2, -0.15) is 0 Å². The minimum absolute atomic E-state index is 0.0595. The second kappa shape index (κ2) is 5.56.